The van der Waals surface area contributed by atoms with Crippen LogP contribution in [0.2, 0.25) is 0 Å². The van der Waals surface area contributed by atoms with Crippen LogP contribution in [0.4, 0.5) is 19.0 Å². The van der Waals surface area contributed by atoms with E-state index in [9.17, 15) is 13.2 Å². The molecule has 0 amide bonds. The van der Waals surface area contributed by atoms with Crippen molar-refractivity contribution in [1.29, 1.82) is 0 Å². The van der Waals surface area contributed by atoms with Crippen LogP contribution < -0.4 is 15.4 Å². The second-order valence-corrected chi connectivity index (χ2v) is 7.40. The lowest BCUT2D eigenvalue weighted by Crippen LogP contribution is -2.36. The monoisotopic (exact) mass is 473 g/mol. The quantitative estimate of drug-likeness (QED) is 0.409. The Hall–Kier alpha value is -3.80. The minimum Gasteiger partial charge on any atom is -0.497 e. The molecule has 0 spiro atoms. The third-order valence-corrected chi connectivity index (χ3v) is 4.75. The molecule has 0 aliphatic rings. The number of hydrogen-bond acceptors (Lipinski definition) is 6. The van der Waals surface area contributed by atoms with Gasteiger partial charge in [0.1, 0.15) is 23.6 Å². The van der Waals surface area contributed by atoms with Gasteiger partial charge in [-0.25, -0.2) is 9.97 Å². The smallest absolute Gasteiger partial charge is 0.405 e. The lowest BCUT2D eigenvalue weighted by atomic mass is 10.2. The molecule has 0 aliphatic heterocycles. The van der Waals surface area contributed by atoms with Crippen LogP contribution in [-0.2, 0) is 6.54 Å². The Kier molecular flexibility index (Phi) is 6.36. The summed E-state index contributed by atoms with van der Waals surface area (Å²) in [6.07, 6.45) is 0.751. The number of fused-ring (bicyclic) bond motifs is 1. The second-order valence-electron chi connectivity index (χ2n) is 7.00. The zero-order chi connectivity index (χ0) is 23.4. The van der Waals surface area contributed by atoms with Crippen molar-refractivity contribution in [1.82, 2.24) is 30.0 Å². The van der Waals surface area contributed by atoms with Crippen LogP contribution in [0.15, 0.2) is 55.0 Å². The number of aromatic nitrogens is 5. The van der Waals surface area contributed by atoms with Crippen LogP contribution in [0, 0.1) is 0 Å². The van der Waals surface area contributed by atoms with Crippen molar-refractivity contribution >= 4 is 34.3 Å². The molecule has 3 heterocycles. The average Bonchev–Trinajstić information content (AvgIpc) is 3.25. The van der Waals surface area contributed by atoms with Crippen molar-refractivity contribution in [2.75, 3.05) is 19.0 Å². The summed E-state index contributed by atoms with van der Waals surface area (Å²) in [7, 11) is 1.62. The van der Waals surface area contributed by atoms with Crippen molar-refractivity contribution in [2.24, 2.45) is 0 Å². The maximum absolute atomic E-state index is 12.3. The molecule has 0 saturated carbocycles. The number of benzene rings is 1. The Morgan fingerprint density at radius 1 is 1.15 bits per heavy atom. The first-order chi connectivity index (χ1) is 15.8. The number of ether oxygens (including phenoxy) is 1. The first kappa shape index (κ1) is 22.4. The minimum absolute atomic E-state index is 0.192. The standard InChI is InChI=1S/C21H18F3N7OS/c1-32-15-4-2-3-13(7-15)10-31-11-14(8-27-31)17-9-25-16-5-6-18(29-19(16)28-17)30-20(33)26-12-21(22,23)24/h2-9,11H,10,12H2,1H3,(H2,26,28,29,30,33). The van der Waals surface area contributed by atoms with Crippen LogP contribution >= 0.6 is 12.2 Å². The molecule has 0 radical (unpaired) electrons. The van der Waals surface area contributed by atoms with Gasteiger partial charge in [-0.05, 0) is 42.0 Å². The molecule has 2 N–H and O–H groups in total. The summed E-state index contributed by atoms with van der Waals surface area (Å²) in [6, 6.07) is 10.9. The molecule has 0 saturated heterocycles. The highest BCUT2D eigenvalue weighted by molar-refractivity contribution is 7.80. The van der Waals surface area contributed by atoms with E-state index in [0.717, 1.165) is 16.9 Å². The number of halogens is 3. The van der Waals surface area contributed by atoms with Gasteiger partial charge in [0.25, 0.3) is 0 Å². The Balaban J connectivity index is 1.50. The minimum atomic E-state index is -4.38. The van der Waals surface area contributed by atoms with Gasteiger partial charge in [0, 0.05) is 11.8 Å². The third-order valence-electron chi connectivity index (χ3n) is 4.51. The van der Waals surface area contributed by atoms with Gasteiger partial charge >= 0.3 is 6.18 Å². The summed E-state index contributed by atoms with van der Waals surface area (Å²) < 4.78 is 44.0. The largest absolute Gasteiger partial charge is 0.497 e. The maximum atomic E-state index is 12.3. The molecule has 0 unspecified atom stereocenters. The van der Waals surface area contributed by atoms with E-state index < -0.39 is 12.7 Å². The predicted molar refractivity (Wildman–Crippen MR) is 121 cm³/mol. The van der Waals surface area contributed by atoms with Gasteiger partial charge in [0.15, 0.2) is 10.8 Å². The SMILES string of the molecule is COc1cccc(Cn2cc(-c3cnc4ccc(NC(=S)NCC(F)(F)F)nc4n3)cn2)c1. The molecule has 1 aromatic carbocycles. The fraction of sp³-hybridized carbons (Fsp3) is 0.190. The molecular formula is C21H18F3N7OS. The summed E-state index contributed by atoms with van der Waals surface area (Å²) in [5, 5.41) is 8.89. The number of methoxy groups -OCH3 is 1. The molecule has 4 rings (SSSR count). The molecule has 0 fully saturated rings. The van der Waals surface area contributed by atoms with Crippen LogP contribution in [0.1, 0.15) is 5.56 Å². The molecule has 4 aromatic rings. The molecule has 12 heteroatoms. The van der Waals surface area contributed by atoms with Gasteiger partial charge in [-0.2, -0.15) is 18.3 Å². The Labute approximate surface area is 191 Å². The van der Waals surface area contributed by atoms with Crippen molar-refractivity contribution in [3.05, 3.63) is 60.6 Å². The number of nitrogens with zero attached hydrogens (tertiary/aromatic N) is 5. The van der Waals surface area contributed by atoms with Crippen LogP contribution in [0.3, 0.4) is 0 Å². The third kappa shape index (κ3) is 5.92. The number of pyridine rings is 1. The van der Waals surface area contributed by atoms with Gasteiger partial charge in [0.2, 0.25) is 0 Å². The molecule has 3 aromatic heterocycles. The number of anilines is 1. The van der Waals surface area contributed by atoms with Crippen LogP contribution in [-0.4, -0.2) is 49.7 Å². The van der Waals surface area contributed by atoms with E-state index in [1.54, 1.807) is 36.3 Å². The zero-order valence-electron chi connectivity index (χ0n) is 17.3. The van der Waals surface area contributed by atoms with E-state index >= 15 is 0 Å². The Bertz CT molecular complexity index is 1290. The lowest BCUT2D eigenvalue weighted by Gasteiger charge is -2.12. The summed E-state index contributed by atoms with van der Waals surface area (Å²) in [5.41, 5.74) is 3.18. The maximum Gasteiger partial charge on any atom is 0.405 e. The highest BCUT2D eigenvalue weighted by atomic mass is 32.1. The van der Waals surface area contributed by atoms with Gasteiger partial charge in [-0.15, -0.1) is 0 Å². The molecule has 33 heavy (non-hydrogen) atoms. The van der Waals surface area contributed by atoms with E-state index in [1.165, 1.54) is 0 Å². The average molecular weight is 473 g/mol. The molecule has 170 valence electrons. The van der Waals surface area contributed by atoms with Gasteiger partial charge in [-0.1, -0.05) is 12.1 Å². The topological polar surface area (TPSA) is 89.8 Å². The van der Waals surface area contributed by atoms with Crippen molar-refractivity contribution in [2.45, 2.75) is 12.7 Å². The predicted octanol–water partition coefficient (Wildman–Crippen LogP) is 3.79. The van der Waals surface area contributed by atoms with E-state index in [-0.39, 0.29) is 10.9 Å². The van der Waals surface area contributed by atoms with E-state index in [2.05, 4.69) is 30.7 Å². The highest BCUT2D eigenvalue weighted by Gasteiger charge is 2.27. The molecule has 0 aliphatic carbocycles. The second kappa shape index (κ2) is 9.36. The van der Waals surface area contributed by atoms with Crippen LogP contribution in [0.5, 0.6) is 5.75 Å². The number of nitrogens with one attached hydrogen (secondary N) is 2. The van der Waals surface area contributed by atoms with E-state index in [4.69, 9.17) is 17.0 Å². The first-order valence-corrected chi connectivity index (χ1v) is 10.1. The molecular weight excluding hydrogens is 455 g/mol. The summed E-state index contributed by atoms with van der Waals surface area (Å²) in [4.78, 5) is 13.2. The number of hydrogen-bond donors (Lipinski definition) is 2. The number of thiocarbonyl (C=S) groups is 1. The Morgan fingerprint density at radius 2 is 2.00 bits per heavy atom. The van der Waals surface area contributed by atoms with E-state index in [0.29, 0.717) is 23.4 Å². The molecule has 8 nitrogen and oxygen atoms in total. The van der Waals surface area contributed by atoms with Gasteiger partial charge in [0.05, 0.1) is 31.7 Å². The summed E-state index contributed by atoms with van der Waals surface area (Å²) in [5.74, 6) is 1.02. The van der Waals surface area contributed by atoms with Gasteiger partial charge in [-0.3, -0.25) is 9.67 Å². The first-order valence-electron chi connectivity index (χ1n) is 9.70. The van der Waals surface area contributed by atoms with Crippen molar-refractivity contribution in [3.8, 4) is 17.0 Å². The summed E-state index contributed by atoms with van der Waals surface area (Å²) >= 11 is 4.88. The Morgan fingerprint density at radius 3 is 2.79 bits per heavy atom. The van der Waals surface area contributed by atoms with E-state index in [1.807, 2.05) is 30.5 Å². The normalized spacial score (nSPS) is 11.4. The fourth-order valence-corrected chi connectivity index (χ4v) is 3.16. The highest BCUT2D eigenvalue weighted by Crippen LogP contribution is 2.20. The summed E-state index contributed by atoms with van der Waals surface area (Å²) in [6.45, 7) is -0.691. The van der Waals surface area contributed by atoms with Gasteiger partial charge < -0.3 is 15.4 Å². The lowest BCUT2D eigenvalue weighted by molar-refractivity contribution is -0.121. The van der Waals surface area contributed by atoms with Crippen molar-refractivity contribution in [3.63, 3.8) is 0 Å². The zero-order valence-corrected chi connectivity index (χ0v) is 18.1. The number of alkyl halides is 3. The van der Waals surface area contributed by atoms with Crippen molar-refractivity contribution < 1.29 is 17.9 Å². The number of rotatable bonds is 6. The fourth-order valence-electron chi connectivity index (χ4n) is 2.99. The molecule has 0 bridgehead atoms. The molecule has 0 atom stereocenters. The van der Waals surface area contributed by atoms with Crippen LogP contribution in [0.25, 0.3) is 22.4 Å².